The first-order chi connectivity index (χ1) is 11.0. The molecule has 0 bridgehead atoms. The highest BCUT2D eigenvalue weighted by Gasteiger charge is 2.50. The van der Waals surface area contributed by atoms with Crippen molar-refractivity contribution in [3.8, 4) is 0 Å². The molecule has 0 saturated carbocycles. The highest BCUT2D eigenvalue weighted by atomic mass is 16.6. The number of nitro groups is 1. The third-order valence-electron chi connectivity index (χ3n) is 5.06. The minimum absolute atomic E-state index is 0.0690. The maximum atomic E-state index is 11.7. The minimum Gasteiger partial charge on any atom is -0.481 e. The second kappa shape index (κ2) is 6.25. The second-order valence-electron chi connectivity index (χ2n) is 6.46. The van der Waals surface area contributed by atoms with Gasteiger partial charge in [0.25, 0.3) is 5.69 Å². The third-order valence-corrected chi connectivity index (χ3v) is 5.06. The zero-order chi connectivity index (χ0) is 16.4. The summed E-state index contributed by atoms with van der Waals surface area (Å²) in [5.41, 5.74) is 0.827. The number of non-ortho nitro benzene ring substituents is 1. The van der Waals surface area contributed by atoms with E-state index in [-0.39, 0.29) is 17.0 Å². The summed E-state index contributed by atoms with van der Waals surface area (Å²) in [5.74, 6) is -1.11. The Morgan fingerprint density at radius 1 is 1.35 bits per heavy atom. The Balaban J connectivity index is 1.71. The number of carboxylic acids is 1. The molecule has 3 rings (SSSR count). The van der Waals surface area contributed by atoms with Crippen LogP contribution in [0.3, 0.4) is 0 Å². The van der Waals surface area contributed by atoms with Crippen LogP contribution >= 0.6 is 0 Å². The van der Waals surface area contributed by atoms with Gasteiger partial charge in [0.15, 0.2) is 0 Å². The van der Waals surface area contributed by atoms with Crippen LogP contribution in [0.5, 0.6) is 0 Å². The molecule has 124 valence electrons. The lowest BCUT2D eigenvalue weighted by molar-refractivity contribution is -0.384. The van der Waals surface area contributed by atoms with Gasteiger partial charge in [-0.2, -0.15) is 0 Å². The molecular weight excluding hydrogens is 300 g/mol. The number of hydrogen-bond acceptors (Lipinski definition) is 5. The Kier molecular flexibility index (Phi) is 4.32. The van der Waals surface area contributed by atoms with Crippen molar-refractivity contribution >= 4 is 11.7 Å². The lowest BCUT2D eigenvalue weighted by Crippen LogP contribution is -2.40. The predicted octanol–water partition coefficient (Wildman–Crippen LogP) is 1.91. The predicted molar refractivity (Wildman–Crippen MR) is 82.0 cm³/mol. The van der Waals surface area contributed by atoms with Crippen LogP contribution in [-0.2, 0) is 16.1 Å². The van der Waals surface area contributed by atoms with Gasteiger partial charge in [-0.05, 0) is 18.4 Å². The summed E-state index contributed by atoms with van der Waals surface area (Å²) in [6.45, 7) is 3.12. The summed E-state index contributed by atoms with van der Waals surface area (Å²) in [4.78, 5) is 24.1. The van der Waals surface area contributed by atoms with E-state index in [9.17, 15) is 20.0 Å². The van der Waals surface area contributed by atoms with E-state index in [0.29, 0.717) is 26.3 Å². The molecule has 1 spiro atoms. The van der Waals surface area contributed by atoms with E-state index in [0.717, 1.165) is 24.9 Å². The van der Waals surface area contributed by atoms with Gasteiger partial charge in [0.2, 0.25) is 0 Å². The molecular formula is C16H20N2O5. The van der Waals surface area contributed by atoms with Crippen LogP contribution in [0.4, 0.5) is 5.69 Å². The Hall–Kier alpha value is -1.99. The number of carboxylic acid groups (broad SMARTS) is 1. The second-order valence-corrected chi connectivity index (χ2v) is 6.46. The lowest BCUT2D eigenvalue weighted by Gasteiger charge is -2.36. The number of carbonyl (C=O) groups is 1. The molecule has 7 nitrogen and oxygen atoms in total. The van der Waals surface area contributed by atoms with E-state index in [2.05, 4.69) is 4.90 Å². The Morgan fingerprint density at radius 2 is 2.00 bits per heavy atom. The van der Waals surface area contributed by atoms with Crippen molar-refractivity contribution < 1.29 is 19.6 Å². The van der Waals surface area contributed by atoms with Crippen molar-refractivity contribution in [1.29, 1.82) is 0 Å². The minimum atomic E-state index is -0.738. The molecule has 2 saturated heterocycles. The topological polar surface area (TPSA) is 92.9 Å². The Morgan fingerprint density at radius 3 is 2.57 bits per heavy atom. The first-order valence-corrected chi connectivity index (χ1v) is 7.76. The van der Waals surface area contributed by atoms with E-state index in [1.165, 1.54) is 12.1 Å². The monoisotopic (exact) mass is 320 g/mol. The first-order valence-electron chi connectivity index (χ1n) is 7.76. The van der Waals surface area contributed by atoms with Gasteiger partial charge in [-0.15, -0.1) is 0 Å². The summed E-state index contributed by atoms with van der Waals surface area (Å²) in [6.07, 6.45) is 1.56. The van der Waals surface area contributed by atoms with Crippen molar-refractivity contribution in [1.82, 2.24) is 4.90 Å². The molecule has 2 aliphatic rings. The van der Waals surface area contributed by atoms with Crippen LogP contribution in [-0.4, -0.2) is 47.2 Å². The van der Waals surface area contributed by atoms with Gasteiger partial charge < -0.3 is 9.84 Å². The summed E-state index contributed by atoms with van der Waals surface area (Å²) in [5, 5.41) is 20.3. The van der Waals surface area contributed by atoms with E-state index < -0.39 is 10.9 Å². The van der Waals surface area contributed by atoms with Crippen LogP contribution in [0.1, 0.15) is 18.4 Å². The van der Waals surface area contributed by atoms with E-state index in [4.69, 9.17) is 4.74 Å². The molecule has 2 aliphatic heterocycles. The standard InChI is InChI=1S/C16H20N2O5/c19-15(20)14-10-17(11-16(14)5-7-23-8-6-16)9-12-1-3-13(4-2-12)18(21)22/h1-4,14H,5-11H2,(H,19,20)/t14-/m1/s1. The SMILES string of the molecule is O=C(O)[C@H]1CN(Cc2ccc([N+](=O)[O-])cc2)CC12CCOCC2. The smallest absolute Gasteiger partial charge is 0.308 e. The summed E-state index contributed by atoms with van der Waals surface area (Å²) in [7, 11) is 0. The first kappa shape index (κ1) is 15.9. The molecule has 23 heavy (non-hydrogen) atoms. The van der Waals surface area contributed by atoms with Gasteiger partial charge in [-0.1, -0.05) is 12.1 Å². The largest absolute Gasteiger partial charge is 0.481 e. The lowest BCUT2D eigenvalue weighted by atomic mass is 9.72. The molecule has 1 N–H and O–H groups in total. The number of nitro benzene ring substituents is 1. The van der Waals surface area contributed by atoms with Gasteiger partial charge in [0.1, 0.15) is 0 Å². The van der Waals surface area contributed by atoms with Gasteiger partial charge in [0.05, 0.1) is 10.8 Å². The molecule has 2 fully saturated rings. The maximum Gasteiger partial charge on any atom is 0.308 e. The van der Waals surface area contributed by atoms with Crippen molar-refractivity contribution in [2.75, 3.05) is 26.3 Å². The molecule has 0 aromatic heterocycles. The van der Waals surface area contributed by atoms with Crippen LogP contribution in [0.15, 0.2) is 24.3 Å². The molecule has 1 aromatic rings. The average Bonchev–Trinajstić information content (AvgIpc) is 2.86. The highest BCUT2D eigenvalue weighted by Crippen LogP contribution is 2.44. The molecule has 7 heteroatoms. The molecule has 0 aliphatic carbocycles. The zero-order valence-corrected chi connectivity index (χ0v) is 12.8. The fourth-order valence-corrected chi connectivity index (χ4v) is 3.80. The van der Waals surface area contributed by atoms with Gasteiger partial charge in [0, 0.05) is 50.4 Å². The summed E-state index contributed by atoms with van der Waals surface area (Å²) in [6, 6.07) is 6.46. The van der Waals surface area contributed by atoms with Crippen LogP contribution in [0.25, 0.3) is 0 Å². The molecule has 1 atom stereocenters. The third kappa shape index (κ3) is 3.20. The Bertz CT molecular complexity index is 595. The highest BCUT2D eigenvalue weighted by molar-refractivity contribution is 5.72. The number of aliphatic carboxylic acids is 1. The molecule has 0 unspecified atom stereocenters. The normalized spacial score (nSPS) is 23.9. The van der Waals surface area contributed by atoms with E-state index in [1.807, 2.05) is 0 Å². The van der Waals surface area contributed by atoms with Crippen molar-refractivity contribution in [2.24, 2.45) is 11.3 Å². The Labute approximate surface area is 134 Å². The molecule has 0 radical (unpaired) electrons. The van der Waals surface area contributed by atoms with Crippen molar-refractivity contribution in [3.05, 3.63) is 39.9 Å². The number of ether oxygens (including phenoxy) is 1. The van der Waals surface area contributed by atoms with Gasteiger partial charge in [-0.25, -0.2) is 0 Å². The van der Waals surface area contributed by atoms with E-state index in [1.54, 1.807) is 12.1 Å². The maximum absolute atomic E-state index is 11.7. The summed E-state index contributed by atoms with van der Waals surface area (Å²) >= 11 is 0. The fraction of sp³-hybridized carbons (Fsp3) is 0.562. The van der Waals surface area contributed by atoms with Gasteiger partial charge in [-0.3, -0.25) is 19.8 Å². The number of rotatable bonds is 4. The fourth-order valence-electron chi connectivity index (χ4n) is 3.80. The number of nitrogens with zero attached hydrogens (tertiary/aromatic N) is 2. The van der Waals surface area contributed by atoms with Crippen molar-refractivity contribution in [3.63, 3.8) is 0 Å². The molecule has 2 heterocycles. The van der Waals surface area contributed by atoms with Gasteiger partial charge >= 0.3 is 5.97 Å². The number of likely N-dealkylation sites (tertiary alicyclic amines) is 1. The molecule has 1 aromatic carbocycles. The van der Waals surface area contributed by atoms with Crippen LogP contribution in [0.2, 0.25) is 0 Å². The van der Waals surface area contributed by atoms with Crippen LogP contribution < -0.4 is 0 Å². The average molecular weight is 320 g/mol. The van der Waals surface area contributed by atoms with Crippen molar-refractivity contribution in [2.45, 2.75) is 19.4 Å². The van der Waals surface area contributed by atoms with E-state index >= 15 is 0 Å². The van der Waals surface area contributed by atoms with Crippen LogP contribution in [0, 0.1) is 21.4 Å². The zero-order valence-electron chi connectivity index (χ0n) is 12.8. The summed E-state index contributed by atoms with van der Waals surface area (Å²) < 4.78 is 5.40. The number of hydrogen-bond donors (Lipinski definition) is 1. The quantitative estimate of drug-likeness (QED) is 0.673. The molecule has 0 amide bonds. The number of benzene rings is 1.